The molecule has 1 fully saturated rings. The van der Waals surface area contributed by atoms with E-state index in [1.54, 1.807) is 23.5 Å². The molecular formula is C15H10N2O3S2. The Morgan fingerprint density at radius 1 is 1.23 bits per heavy atom. The van der Waals surface area contributed by atoms with Gasteiger partial charge in [0.2, 0.25) is 0 Å². The molecule has 0 bridgehead atoms. The van der Waals surface area contributed by atoms with Gasteiger partial charge in [0.1, 0.15) is 5.84 Å². The number of carboxylic acids is 1. The Hall–Kier alpha value is -2.38. The number of aliphatic imine (C=N–C) groups is 1. The molecule has 2 heterocycles. The Bertz CT molecular complexity index is 778. The molecule has 1 aliphatic heterocycles. The van der Waals surface area contributed by atoms with Gasteiger partial charge in [-0.2, -0.15) is 0 Å². The fourth-order valence-corrected chi connectivity index (χ4v) is 3.28. The molecule has 0 aliphatic carbocycles. The third kappa shape index (κ3) is 3.26. The van der Waals surface area contributed by atoms with Crippen molar-refractivity contribution in [3.05, 3.63) is 57.1 Å². The van der Waals surface area contributed by atoms with Gasteiger partial charge in [-0.15, -0.1) is 11.3 Å². The van der Waals surface area contributed by atoms with E-state index in [0.717, 1.165) is 21.5 Å². The average Bonchev–Trinajstić information content (AvgIpc) is 3.10. The molecule has 1 saturated heterocycles. The summed E-state index contributed by atoms with van der Waals surface area (Å²) < 4.78 is 0. The standard InChI is InChI=1S/C15H10N2O3S2/c18-14(19)9-3-5-10(6-4-9)16-13-12(22-15(20)17-13)8-11-2-1-7-21-11/h1-8H,(H,18,19)(H,16,17,20)/b12-8-. The van der Waals surface area contributed by atoms with E-state index < -0.39 is 5.97 Å². The Morgan fingerprint density at radius 3 is 2.64 bits per heavy atom. The molecule has 1 aromatic heterocycles. The lowest BCUT2D eigenvalue weighted by Gasteiger charge is -2.00. The van der Waals surface area contributed by atoms with Crippen molar-refractivity contribution in [3.63, 3.8) is 0 Å². The Kier molecular flexibility index (Phi) is 4.08. The lowest BCUT2D eigenvalue weighted by Crippen LogP contribution is -2.18. The van der Waals surface area contributed by atoms with Gasteiger partial charge in [-0.1, -0.05) is 6.07 Å². The van der Waals surface area contributed by atoms with Crippen LogP contribution in [0.4, 0.5) is 10.5 Å². The zero-order chi connectivity index (χ0) is 15.5. The molecular weight excluding hydrogens is 320 g/mol. The molecule has 0 radical (unpaired) electrons. The van der Waals surface area contributed by atoms with Gasteiger partial charge in [0.15, 0.2) is 0 Å². The maximum absolute atomic E-state index is 11.6. The molecule has 0 atom stereocenters. The number of amides is 1. The summed E-state index contributed by atoms with van der Waals surface area (Å²) in [6.07, 6.45) is 1.90. The van der Waals surface area contributed by atoms with Crippen LogP contribution in [0.5, 0.6) is 0 Å². The first-order valence-corrected chi connectivity index (χ1v) is 7.98. The number of aromatic carboxylic acids is 1. The second-order valence-electron chi connectivity index (χ2n) is 4.35. The number of thioether (sulfide) groups is 1. The van der Waals surface area contributed by atoms with Crippen LogP contribution in [-0.2, 0) is 0 Å². The summed E-state index contributed by atoms with van der Waals surface area (Å²) in [5, 5.41) is 13.4. The van der Waals surface area contributed by atoms with Crippen molar-refractivity contribution in [1.82, 2.24) is 5.32 Å². The lowest BCUT2D eigenvalue weighted by molar-refractivity contribution is 0.0697. The summed E-state index contributed by atoms with van der Waals surface area (Å²) in [5.41, 5.74) is 0.781. The number of hydrogen-bond acceptors (Lipinski definition) is 5. The van der Waals surface area contributed by atoms with E-state index in [4.69, 9.17) is 5.11 Å². The van der Waals surface area contributed by atoms with Crippen molar-refractivity contribution in [2.75, 3.05) is 0 Å². The number of nitrogens with one attached hydrogen (secondary N) is 1. The number of carboxylic acid groups (broad SMARTS) is 1. The quantitative estimate of drug-likeness (QED) is 0.892. The SMILES string of the molecule is O=C1NC(=Nc2ccc(C(=O)O)cc2)/C(=C/c2cccs2)S1. The average molecular weight is 330 g/mol. The van der Waals surface area contributed by atoms with Crippen molar-refractivity contribution in [1.29, 1.82) is 0 Å². The number of rotatable bonds is 3. The first kappa shape index (κ1) is 14.6. The third-order valence-electron chi connectivity index (χ3n) is 2.83. The van der Waals surface area contributed by atoms with E-state index in [1.807, 2.05) is 23.6 Å². The normalized spacial score (nSPS) is 17.9. The van der Waals surface area contributed by atoms with Crippen LogP contribution in [-0.4, -0.2) is 22.2 Å². The molecule has 2 N–H and O–H groups in total. The van der Waals surface area contributed by atoms with Crippen LogP contribution in [0.25, 0.3) is 6.08 Å². The molecule has 110 valence electrons. The van der Waals surface area contributed by atoms with Gasteiger partial charge in [-0.05, 0) is 53.5 Å². The number of carbonyl (C=O) groups excluding carboxylic acids is 1. The Morgan fingerprint density at radius 2 is 2.00 bits per heavy atom. The van der Waals surface area contributed by atoms with E-state index in [-0.39, 0.29) is 10.8 Å². The minimum Gasteiger partial charge on any atom is -0.478 e. The van der Waals surface area contributed by atoms with Crippen LogP contribution in [0.1, 0.15) is 15.2 Å². The van der Waals surface area contributed by atoms with Gasteiger partial charge in [0, 0.05) is 4.88 Å². The number of amidine groups is 1. The van der Waals surface area contributed by atoms with Crippen molar-refractivity contribution in [2.45, 2.75) is 0 Å². The van der Waals surface area contributed by atoms with Gasteiger partial charge < -0.3 is 10.4 Å². The molecule has 0 unspecified atom stereocenters. The molecule has 22 heavy (non-hydrogen) atoms. The number of thiophene rings is 1. The largest absolute Gasteiger partial charge is 0.478 e. The smallest absolute Gasteiger partial charge is 0.335 e. The number of hydrogen-bond donors (Lipinski definition) is 2. The molecule has 3 rings (SSSR count). The fourth-order valence-electron chi connectivity index (χ4n) is 1.82. The number of nitrogens with zero attached hydrogens (tertiary/aromatic N) is 1. The van der Waals surface area contributed by atoms with Crippen molar-refractivity contribution in [2.24, 2.45) is 4.99 Å². The lowest BCUT2D eigenvalue weighted by atomic mass is 10.2. The van der Waals surface area contributed by atoms with E-state index in [0.29, 0.717) is 11.5 Å². The highest BCUT2D eigenvalue weighted by Crippen LogP contribution is 2.29. The van der Waals surface area contributed by atoms with Crippen LogP contribution >= 0.6 is 23.1 Å². The van der Waals surface area contributed by atoms with E-state index in [9.17, 15) is 9.59 Å². The molecule has 1 aromatic carbocycles. The highest BCUT2D eigenvalue weighted by molar-refractivity contribution is 8.18. The predicted octanol–water partition coefficient (Wildman–Crippen LogP) is 3.97. The van der Waals surface area contributed by atoms with Crippen molar-refractivity contribution < 1.29 is 14.7 Å². The Balaban J connectivity index is 1.91. The molecule has 0 spiro atoms. The number of carbonyl (C=O) groups is 2. The third-order valence-corrected chi connectivity index (χ3v) is 4.47. The predicted molar refractivity (Wildman–Crippen MR) is 88.9 cm³/mol. The summed E-state index contributed by atoms with van der Waals surface area (Å²) in [5.74, 6) is -0.506. The van der Waals surface area contributed by atoms with Crippen LogP contribution in [0.3, 0.4) is 0 Å². The minimum absolute atomic E-state index is 0.177. The van der Waals surface area contributed by atoms with Crippen molar-refractivity contribution in [3.8, 4) is 0 Å². The second-order valence-corrected chi connectivity index (χ2v) is 6.34. The van der Waals surface area contributed by atoms with E-state index in [1.165, 1.54) is 12.1 Å². The minimum atomic E-state index is -0.984. The topological polar surface area (TPSA) is 78.8 Å². The van der Waals surface area contributed by atoms with Gasteiger partial charge >= 0.3 is 5.97 Å². The summed E-state index contributed by atoms with van der Waals surface area (Å²) in [6.45, 7) is 0. The molecule has 2 aromatic rings. The van der Waals surface area contributed by atoms with Gasteiger partial charge in [0.05, 0.1) is 16.2 Å². The zero-order valence-corrected chi connectivity index (χ0v) is 12.8. The summed E-state index contributed by atoms with van der Waals surface area (Å²) >= 11 is 2.67. The van der Waals surface area contributed by atoms with E-state index in [2.05, 4.69) is 10.3 Å². The first-order chi connectivity index (χ1) is 10.6. The summed E-state index contributed by atoms with van der Waals surface area (Å²) in [4.78, 5) is 28.6. The monoisotopic (exact) mass is 330 g/mol. The molecule has 5 nitrogen and oxygen atoms in total. The summed E-state index contributed by atoms with van der Waals surface area (Å²) in [7, 11) is 0. The van der Waals surface area contributed by atoms with Crippen LogP contribution < -0.4 is 5.32 Å². The maximum Gasteiger partial charge on any atom is 0.335 e. The van der Waals surface area contributed by atoms with Crippen molar-refractivity contribution >= 4 is 51.9 Å². The highest BCUT2D eigenvalue weighted by atomic mass is 32.2. The van der Waals surface area contributed by atoms with E-state index >= 15 is 0 Å². The maximum atomic E-state index is 11.6. The summed E-state index contributed by atoms with van der Waals surface area (Å²) in [6, 6.07) is 10.1. The van der Waals surface area contributed by atoms with Gasteiger partial charge in [-0.3, -0.25) is 4.79 Å². The number of benzene rings is 1. The second kappa shape index (κ2) is 6.17. The fraction of sp³-hybridized carbons (Fsp3) is 0. The van der Waals surface area contributed by atoms with Crippen LogP contribution in [0.2, 0.25) is 0 Å². The van der Waals surface area contributed by atoms with Gasteiger partial charge in [-0.25, -0.2) is 9.79 Å². The van der Waals surface area contributed by atoms with Crippen LogP contribution in [0.15, 0.2) is 51.7 Å². The molecule has 1 aliphatic rings. The molecule has 1 amide bonds. The van der Waals surface area contributed by atoms with Crippen LogP contribution in [0, 0.1) is 0 Å². The molecule has 0 saturated carbocycles. The Labute approximate surface area is 134 Å². The highest BCUT2D eigenvalue weighted by Gasteiger charge is 2.23. The first-order valence-electron chi connectivity index (χ1n) is 6.28. The molecule has 7 heteroatoms. The zero-order valence-electron chi connectivity index (χ0n) is 11.1. The van der Waals surface area contributed by atoms with Gasteiger partial charge in [0.25, 0.3) is 5.24 Å².